The first kappa shape index (κ1) is 29.3. The van der Waals surface area contributed by atoms with E-state index < -0.39 is 20.8 Å². The van der Waals surface area contributed by atoms with Gasteiger partial charge in [-0.05, 0) is 0 Å². The molecule has 14 heteroatoms. The Kier molecular flexibility index (Phi) is 27.9. The van der Waals surface area contributed by atoms with Crippen LogP contribution in [0, 0.1) is 0 Å². The third-order valence-corrected chi connectivity index (χ3v) is 0. The molecule has 0 saturated heterocycles. The second-order valence-electron chi connectivity index (χ2n) is 0.816. The summed E-state index contributed by atoms with van der Waals surface area (Å²) in [7, 11) is -10.3. The van der Waals surface area contributed by atoms with Gasteiger partial charge >= 0.3 is 27.5 Å². The van der Waals surface area contributed by atoms with Gasteiger partial charge in [-0.15, -0.1) is 0 Å². The molecule has 0 radical (unpaired) electrons. The fourth-order valence-corrected chi connectivity index (χ4v) is 0. The molecule has 0 aliphatic rings. The molecular formula is H8N2O9S2Zr. The first-order chi connectivity index (χ1) is 5.00. The molecule has 0 heterocycles. The van der Waals surface area contributed by atoms with Gasteiger partial charge in [-0.2, -0.15) is 0 Å². The van der Waals surface area contributed by atoms with Crippen molar-refractivity contribution in [3.63, 3.8) is 0 Å². The van der Waals surface area contributed by atoms with Gasteiger partial charge in [-0.25, -0.2) is 0 Å². The molecule has 0 spiro atoms. The normalized spacial score (nSPS) is 8.71. The second-order valence-corrected chi connectivity index (χ2v) is 2.45. The molecule has 0 aromatic rings. The van der Waals surface area contributed by atoms with Gasteiger partial charge < -0.3 is 30.5 Å². The quantitative estimate of drug-likeness (QED) is 0.364. The van der Waals surface area contributed by atoms with E-state index in [2.05, 4.69) is 0 Å². The second kappa shape index (κ2) is 13.3. The third kappa shape index (κ3) is 13500. The summed E-state index contributed by atoms with van der Waals surface area (Å²) in [6, 6.07) is 0. The monoisotopic (exact) mass is 334 g/mol. The van der Waals surface area contributed by atoms with Crippen LogP contribution in [-0.2, 0) is 48.3 Å². The van der Waals surface area contributed by atoms with Crippen LogP contribution in [0.1, 0.15) is 0 Å². The fraction of sp³-hybridized carbons (Fsp3) is 0. The molecular weight excluding hydrogens is 327 g/mol. The first-order valence-corrected chi connectivity index (χ1v) is 5.21. The van der Waals surface area contributed by atoms with Gasteiger partial charge in [0.15, 0.2) is 0 Å². The van der Waals surface area contributed by atoms with Crippen molar-refractivity contribution in [2.24, 2.45) is 0 Å². The van der Waals surface area contributed by atoms with Crippen molar-refractivity contribution < 1.29 is 62.6 Å². The van der Waals surface area contributed by atoms with E-state index in [4.69, 9.17) is 37.9 Å². The first-order valence-electron chi connectivity index (χ1n) is 1.54. The Morgan fingerprint density at radius 1 is 0.643 bits per heavy atom. The van der Waals surface area contributed by atoms with Crippen molar-refractivity contribution in [3.05, 3.63) is 0 Å². The maximum absolute atomic E-state index is 8.52. The van der Waals surface area contributed by atoms with Gasteiger partial charge in [0.2, 0.25) is 0 Å². The van der Waals surface area contributed by atoms with Gasteiger partial charge in [0.25, 0.3) is 0 Å². The summed E-state index contributed by atoms with van der Waals surface area (Å²) in [5, 5.41) is 0. The van der Waals surface area contributed by atoms with Gasteiger partial charge in [0.05, 0.1) is 0 Å². The molecule has 14 heavy (non-hydrogen) atoms. The molecule has 0 aromatic carbocycles. The number of hydrogen-bond acceptors (Lipinski definition) is 9. The molecule has 11 nitrogen and oxygen atoms in total. The Morgan fingerprint density at radius 2 is 0.643 bits per heavy atom. The molecule has 0 unspecified atom stereocenters. The zero-order valence-corrected chi connectivity index (χ0v) is 11.1. The zero-order chi connectivity index (χ0) is 11.0. The standard InChI is InChI=1S/2H3N.2H2O4S.O.Zr/c;;2*1-5(2,3)4;;/h2*1H3;2*(H2,1,2,3,4);;/q;;;;;+2/p-2. The van der Waals surface area contributed by atoms with Crippen LogP contribution in [0.3, 0.4) is 0 Å². The van der Waals surface area contributed by atoms with Crippen molar-refractivity contribution in [1.82, 2.24) is 12.3 Å². The fourth-order valence-electron chi connectivity index (χ4n) is 0. The van der Waals surface area contributed by atoms with Crippen LogP contribution in [0.2, 0.25) is 0 Å². The van der Waals surface area contributed by atoms with Crippen molar-refractivity contribution >= 4 is 20.8 Å². The van der Waals surface area contributed by atoms with Crippen LogP contribution >= 0.6 is 0 Å². The Hall–Kier alpha value is 0.343. The van der Waals surface area contributed by atoms with Crippen LogP contribution in [0.15, 0.2) is 0 Å². The van der Waals surface area contributed by atoms with Crippen LogP contribution in [0.4, 0.5) is 0 Å². The van der Waals surface area contributed by atoms with Crippen LogP contribution in [0.25, 0.3) is 0 Å². The maximum atomic E-state index is 8.52. The topological polar surface area (TPSA) is 251 Å². The molecule has 0 aliphatic heterocycles. The molecule has 0 rings (SSSR count). The summed E-state index contributed by atoms with van der Waals surface area (Å²) < 4.78 is 76.5. The average Bonchev–Trinajstić information content (AvgIpc) is 1.59. The average molecular weight is 335 g/mol. The van der Waals surface area contributed by atoms with E-state index >= 15 is 0 Å². The van der Waals surface area contributed by atoms with Gasteiger partial charge in [-0.3, -0.25) is 16.8 Å². The SMILES string of the molecule is O=S(=O)([O-])[O-].O=S(=O)([O-])[O-].[NH4+].[NH4+].[O]=[Zr+2]. The van der Waals surface area contributed by atoms with Crippen LogP contribution in [-0.4, -0.2) is 35.0 Å². The predicted molar refractivity (Wildman–Crippen MR) is 33.6 cm³/mol. The van der Waals surface area contributed by atoms with Crippen molar-refractivity contribution in [3.8, 4) is 0 Å². The number of hydrogen-bond donors (Lipinski definition) is 2. The van der Waals surface area contributed by atoms with Crippen LogP contribution in [0.5, 0.6) is 0 Å². The zero-order valence-electron chi connectivity index (χ0n) is 6.99. The molecule has 0 fully saturated rings. The minimum absolute atomic E-state index is 0. The third-order valence-electron chi connectivity index (χ3n) is 0. The molecule has 0 atom stereocenters. The Labute approximate surface area is 95.5 Å². The summed E-state index contributed by atoms with van der Waals surface area (Å²) in [6.07, 6.45) is 0. The summed E-state index contributed by atoms with van der Waals surface area (Å²) in [4.78, 5) is 0. The molecule has 0 aromatic heterocycles. The Balaban J connectivity index is -0.0000000292. The molecule has 88 valence electrons. The van der Waals surface area contributed by atoms with Crippen molar-refractivity contribution in [1.29, 1.82) is 0 Å². The van der Waals surface area contributed by atoms with Gasteiger partial charge in [-0.1, -0.05) is 0 Å². The van der Waals surface area contributed by atoms with Gasteiger partial charge in [0.1, 0.15) is 0 Å². The van der Waals surface area contributed by atoms with E-state index in [1.165, 1.54) is 0 Å². The number of quaternary nitrogens is 2. The van der Waals surface area contributed by atoms with E-state index in [1.807, 2.05) is 0 Å². The molecule has 0 saturated carbocycles. The van der Waals surface area contributed by atoms with E-state index in [1.54, 1.807) is 0 Å². The Bertz CT molecular complexity index is 230. The van der Waals surface area contributed by atoms with Crippen molar-refractivity contribution in [2.45, 2.75) is 0 Å². The van der Waals surface area contributed by atoms with E-state index in [-0.39, 0.29) is 12.3 Å². The molecule has 8 N–H and O–H groups in total. The Morgan fingerprint density at radius 3 is 0.643 bits per heavy atom. The molecule has 0 bridgehead atoms. The molecule has 0 aliphatic carbocycles. The predicted octanol–water partition coefficient (Wildman–Crippen LogP) is -2.04. The summed E-state index contributed by atoms with van der Waals surface area (Å²) in [5.74, 6) is 0. The van der Waals surface area contributed by atoms with E-state index in [0.29, 0.717) is 24.7 Å². The van der Waals surface area contributed by atoms with Crippen LogP contribution < -0.4 is 12.3 Å². The van der Waals surface area contributed by atoms with Crippen molar-refractivity contribution in [2.75, 3.05) is 0 Å². The van der Waals surface area contributed by atoms with E-state index in [9.17, 15) is 0 Å². The summed E-state index contributed by atoms with van der Waals surface area (Å²) >= 11 is 0.300. The molecule has 0 amide bonds. The number of rotatable bonds is 0. The summed E-state index contributed by atoms with van der Waals surface area (Å²) in [6.45, 7) is 0. The minimum atomic E-state index is -5.17. The van der Waals surface area contributed by atoms with E-state index in [0.717, 1.165) is 0 Å². The van der Waals surface area contributed by atoms with Gasteiger partial charge in [0, 0.05) is 20.8 Å². The summed E-state index contributed by atoms with van der Waals surface area (Å²) in [5.41, 5.74) is 0.